The lowest BCUT2D eigenvalue weighted by Gasteiger charge is -2.14. The predicted molar refractivity (Wildman–Crippen MR) is 115 cm³/mol. The molecule has 2 atom stereocenters. The molecule has 0 saturated carbocycles. The Bertz CT molecular complexity index is 673. The molecule has 2 aromatic carbocycles. The third-order valence-corrected chi connectivity index (χ3v) is 3.59. The van der Waals surface area contributed by atoms with E-state index in [-0.39, 0.29) is 12.9 Å². The zero-order valence-electron chi connectivity index (χ0n) is 15.2. The molecule has 0 aliphatic carbocycles. The second kappa shape index (κ2) is 15.5. The van der Waals surface area contributed by atoms with Crippen molar-refractivity contribution in [2.75, 3.05) is 0 Å². The fourth-order valence-corrected chi connectivity index (χ4v) is 2.33. The molecule has 0 spiro atoms. The number of nitrogens with two attached hydrogens (primary N) is 2. The summed E-state index contributed by atoms with van der Waals surface area (Å²) in [5, 5.41) is 4.05. The minimum absolute atomic E-state index is 0. The highest BCUT2D eigenvalue weighted by molar-refractivity contribution is 5.80. The van der Waals surface area contributed by atoms with Crippen LogP contribution in [-0.4, -0.2) is 18.0 Å². The SMILES string of the molecule is C.C/C(C=O)=C\c1ccccc1.CC1C=NNC1c1ccccc1.NN.O. The van der Waals surface area contributed by atoms with Crippen molar-refractivity contribution >= 4 is 18.6 Å². The number of carbonyl (C=O) groups is 1. The summed E-state index contributed by atoms with van der Waals surface area (Å²) in [5.74, 6) is 8.49. The molecule has 2 aromatic rings. The number of hydrogen-bond donors (Lipinski definition) is 3. The van der Waals surface area contributed by atoms with Crippen molar-refractivity contribution in [2.45, 2.75) is 27.3 Å². The van der Waals surface area contributed by atoms with Gasteiger partial charge in [-0.25, -0.2) is 0 Å². The van der Waals surface area contributed by atoms with Gasteiger partial charge >= 0.3 is 0 Å². The summed E-state index contributed by atoms with van der Waals surface area (Å²) in [6.07, 6.45) is 4.66. The number of hydrazine groups is 1. The van der Waals surface area contributed by atoms with Gasteiger partial charge in [-0.3, -0.25) is 16.5 Å². The van der Waals surface area contributed by atoms with Crippen molar-refractivity contribution in [3.05, 3.63) is 77.4 Å². The maximum Gasteiger partial charge on any atom is 0.145 e. The number of benzene rings is 2. The van der Waals surface area contributed by atoms with E-state index in [1.807, 2.05) is 48.7 Å². The highest BCUT2D eigenvalue weighted by Gasteiger charge is 2.20. The second-order valence-corrected chi connectivity index (χ2v) is 5.57. The molecule has 2 unspecified atom stereocenters. The Labute approximate surface area is 162 Å². The van der Waals surface area contributed by atoms with E-state index in [0.29, 0.717) is 12.0 Å². The molecular weight excluding hydrogens is 340 g/mol. The number of allylic oxidation sites excluding steroid dienone is 1. The topological polar surface area (TPSA) is 125 Å². The maximum absolute atomic E-state index is 10.2. The van der Waals surface area contributed by atoms with E-state index in [9.17, 15) is 4.79 Å². The van der Waals surface area contributed by atoms with Gasteiger partial charge in [0, 0.05) is 12.1 Å². The minimum Gasteiger partial charge on any atom is -0.412 e. The molecule has 6 heteroatoms. The molecule has 27 heavy (non-hydrogen) atoms. The van der Waals surface area contributed by atoms with Gasteiger partial charge in [-0.1, -0.05) is 75.0 Å². The van der Waals surface area contributed by atoms with Crippen LogP contribution in [0.4, 0.5) is 0 Å². The summed E-state index contributed by atoms with van der Waals surface area (Å²) >= 11 is 0. The van der Waals surface area contributed by atoms with Gasteiger partial charge in [-0.15, -0.1) is 0 Å². The summed E-state index contributed by atoms with van der Waals surface area (Å²) < 4.78 is 0. The van der Waals surface area contributed by atoms with Gasteiger partial charge < -0.3 is 10.9 Å². The van der Waals surface area contributed by atoms with Crippen LogP contribution in [-0.2, 0) is 4.79 Å². The van der Waals surface area contributed by atoms with E-state index in [1.165, 1.54) is 5.56 Å². The molecule has 1 heterocycles. The molecule has 7 N–H and O–H groups in total. The third-order valence-electron chi connectivity index (χ3n) is 3.59. The van der Waals surface area contributed by atoms with Gasteiger partial charge in [0.15, 0.2) is 0 Å². The highest BCUT2D eigenvalue weighted by Crippen LogP contribution is 2.23. The summed E-state index contributed by atoms with van der Waals surface area (Å²) in [7, 11) is 0. The first kappa shape index (κ1) is 26.4. The monoisotopic (exact) mass is 372 g/mol. The van der Waals surface area contributed by atoms with E-state index in [1.54, 1.807) is 6.92 Å². The Balaban J connectivity index is 0. The molecular formula is C21H32N4O2. The van der Waals surface area contributed by atoms with Gasteiger partial charge in [0.05, 0.1) is 6.04 Å². The molecule has 148 valence electrons. The predicted octanol–water partition coefficient (Wildman–Crippen LogP) is 2.87. The van der Waals surface area contributed by atoms with E-state index in [4.69, 9.17) is 0 Å². The average molecular weight is 373 g/mol. The summed E-state index contributed by atoms with van der Waals surface area (Å²) in [6.45, 7) is 3.96. The molecule has 0 fully saturated rings. The number of hydrogen-bond acceptors (Lipinski definition) is 5. The molecule has 1 aliphatic heterocycles. The van der Waals surface area contributed by atoms with Gasteiger partial charge in [0.2, 0.25) is 0 Å². The number of nitrogens with one attached hydrogen (secondary N) is 1. The lowest BCUT2D eigenvalue weighted by molar-refractivity contribution is -0.104. The molecule has 0 radical (unpaired) electrons. The van der Waals surface area contributed by atoms with Crippen LogP contribution in [0.3, 0.4) is 0 Å². The Hall–Kier alpha value is -2.80. The van der Waals surface area contributed by atoms with E-state index < -0.39 is 0 Å². The number of aldehydes is 1. The van der Waals surface area contributed by atoms with Crippen LogP contribution in [0.5, 0.6) is 0 Å². The van der Waals surface area contributed by atoms with Crippen molar-refractivity contribution < 1.29 is 10.3 Å². The molecule has 6 nitrogen and oxygen atoms in total. The van der Waals surface area contributed by atoms with Crippen molar-refractivity contribution in [3.8, 4) is 0 Å². The zero-order valence-corrected chi connectivity index (χ0v) is 15.2. The first-order valence-electron chi connectivity index (χ1n) is 8.06. The zero-order chi connectivity index (χ0) is 18.5. The van der Waals surface area contributed by atoms with Crippen LogP contribution in [0, 0.1) is 5.92 Å². The Kier molecular flexibility index (Phi) is 15.1. The summed E-state index contributed by atoms with van der Waals surface area (Å²) in [4.78, 5) is 10.2. The van der Waals surface area contributed by atoms with Crippen LogP contribution in [0.15, 0.2) is 71.3 Å². The lowest BCUT2D eigenvalue weighted by atomic mass is 9.97. The van der Waals surface area contributed by atoms with Gasteiger partial charge in [-0.05, 0) is 29.7 Å². The largest absolute Gasteiger partial charge is 0.412 e. The van der Waals surface area contributed by atoms with Gasteiger partial charge in [-0.2, -0.15) is 5.10 Å². The van der Waals surface area contributed by atoms with Crippen LogP contribution in [0.1, 0.15) is 38.4 Å². The molecule has 0 saturated heterocycles. The summed E-state index contributed by atoms with van der Waals surface area (Å²) in [5.41, 5.74) is 6.21. The first-order chi connectivity index (χ1) is 12.2. The van der Waals surface area contributed by atoms with Crippen LogP contribution in [0.2, 0.25) is 0 Å². The lowest BCUT2D eigenvalue weighted by Crippen LogP contribution is -2.15. The molecule has 3 rings (SSSR count). The number of nitrogens with zero attached hydrogens (tertiary/aromatic N) is 1. The smallest absolute Gasteiger partial charge is 0.145 e. The standard InChI is InChI=1S/C10H12N2.C10H10O.CH4.H4N2.H2O/c1-8-7-11-12-10(8)9-5-3-2-4-6-9;1-9(8-11)7-10-5-3-2-4-6-10;;1-2;/h2-8,10,12H,1H3;2-8H,1H3;1H4;1-2H2;1H2/b;9-7+;;;. The maximum atomic E-state index is 10.2. The van der Waals surface area contributed by atoms with Crippen LogP contribution >= 0.6 is 0 Å². The number of carbonyl (C=O) groups excluding carboxylic acids is 1. The Morgan fingerprint density at radius 2 is 1.56 bits per heavy atom. The number of hydrazone groups is 1. The van der Waals surface area contributed by atoms with Gasteiger partial charge in [0.1, 0.15) is 6.29 Å². The Morgan fingerprint density at radius 3 is 2.00 bits per heavy atom. The molecule has 0 aromatic heterocycles. The van der Waals surface area contributed by atoms with E-state index >= 15 is 0 Å². The van der Waals surface area contributed by atoms with E-state index in [0.717, 1.165) is 17.4 Å². The quantitative estimate of drug-likeness (QED) is 0.331. The van der Waals surface area contributed by atoms with Gasteiger partial charge in [0.25, 0.3) is 0 Å². The second-order valence-electron chi connectivity index (χ2n) is 5.57. The normalized spacial score (nSPS) is 16.8. The van der Waals surface area contributed by atoms with Crippen molar-refractivity contribution in [1.29, 1.82) is 0 Å². The first-order valence-corrected chi connectivity index (χ1v) is 8.06. The van der Waals surface area contributed by atoms with Crippen molar-refractivity contribution in [2.24, 2.45) is 22.7 Å². The van der Waals surface area contributed by atoms with Crippen LogP contribution in [0.25, 0.3) is 6.08 Å². The third kappa shape index (κ3) is 9.46. The van der Waals surface area contributed by atoms with E-state index in [2.05, 4.69) is 53.4 Å². The molecule has 0 amide bonds. The highest BCUT2D eigenvalue weighted by atomic mass is 16.1. The average Bonchev–Trinajstić information content (AvgIpc) is 3.11. The van der Waals surface area contributed by atoms with Crippen molar-refractivity contribution in [1.82, 2.24) is 5.43 Å². The molecule has 1 aliphatic rings. The fraction of sp³-hybridized carbons (Fsp3) is 0.238. The van der Waals surface area contributed by atoms with Crippen LogP contribution < -0.4 is 17.1 Å². The fourth-order valence-electron chi connectivity index (χ4n) is 2.33. The molecule has 0 bridgehead atoms. The van der Waals surface area contributed by atoms with Crippen molar-refractivity contribution in [3.63, 3.8) is 0 Å². The summed E-state index contributed by atoms with van der Waals surface area (Å²) in [6, 6.07) is 20.5. The minimum atomic E-state index is 0. The number of rotatable bonds is 3. The Morgan fingerprint density at radius 1 is 1.04 bits per heavy atom.